The van der Waals surface area contributed by atoms with Gasteiger partial charge < -0.3 is 14.5 Å². The summed E-state index contributed by atoms with van der Waals surface area (Å²) in [6.07, 6.45) is 2.79. The Bertz CT molecular complexity index is 803. The monoisotopic (exact) mass is 393 g/mol. The molecule has 5 heteroatoms. The highest BCUT2D eigenvalue weighted by atomic mass is 16.5. The van der Waals surface area contributed by atoms with E-state index < -0.39 is 0 Å². The molecule has 2 aliphatic heterocycles. The van der Waals surface area contributed by atoms with E-state index in [1.165, 1.54) is 12.1 Å². The number of benzene rings is 2. The topological polar surface area (TPSA) is 36.0 Å². The van der Waals surface area contributed by atoms with E-state index in [2.05, 4.69) is 26.8 Å². The second-order valence-corrected chi connectivity index (χ2v) is 7.99. The number of para-hydroxylation sites is 2. The predicted octanol–water partition coefficient (Wildman–Crippen LogP) is 3.05. The minimum Gasteiger partial charge on any atom is -0.495 e. The Labute approximate surface area is 173 Å². The van der Waals surface area contributed by atoms with Gasteiger partial charge in [-0.05, 0) is 30.5 Å². The summed E-state index contributed by atoms with van der Waals surface area (Å²) in [6.45, 7) is 5.81. The van der Waals surface area contributed by atoms with Gasteiger partial charge in [-0.1, -0.05) is 42.5 Å². The zero-order chi connectivity index (χ0) is 20.1. The third kappa shape index (κ3) is 4.73. The molecule has 2 fully saturated rings. The van der Waals surface area contributed by atoms with Crippen molar-refractivity contribution in [2.45, 2.75) is 25.3 Å². The Morgan fingerprint density at radius 1 is 0.966 bits per heavy atom. The lowest BCUT2D eigenvalue weighted by molar-refractivity contribution is -0.132. The number of methoxy groups -OCH3 is 1. The second-order valence-electron chi connectivity index (χ2n) is 7.99. The Balaban J connectivity index is 1.32. The highest BCUT2D eigenvalue weighted by molar-refractivity contribution is 5.78. The first-order chi connectivity index (χ1) is 14.2. The van der Waals surface area contributed by atoms with Gasteiger partial charge >= 0.3 is 0 Å². The summed E-state index contributed by atoms with van der Waals surface area (Å²) in [5.41, 5.74) is 2.28. The summed E-state index contributed by atoms with van der Waals surface area (Å²) in [4.78, 5) is 19.9. The van der Waals surface area contributed by atoms with Gasteiger partial charge in [0, 0.05) is 45.3 Å². The number of nitrogens with zero attached hydrogens (tertiary/aromatic N) is 3. The lowest BCUT2D eigenvalue weighted by Gasteiger charge is -2.44. The van der Waals surface area contributed by atoms with E-state index in [0.717, 1.165) is 57.0 Å². The minimum absolute atomic E-state index is 0.258. The molecule has 0 radical (unpaired) electrons. The van der Waals surface area contributed by atoms with E-state index in [1.807, 2.05) is 42.5 Å². The maximum atomic E-state index is 12.8. The minimum atomic E-state index is 0.258. The van der Waals surface area contributed by atoms with Crippen molar-refractivity contribution in [3.63, 3.8) is 0 Å². The third-order valence-corrected chi connectivity index (χ3v) is 6.20. The maximum Gasteiger partial charge on any atom is 0.227 e. The molecule has 5 nitrogen and oxygen atoms in total. The van der Waals surface area contributed by atoms with Gasteiger partial charge in [-0.2, -0.15) is 0 Å². The van der Waals surface area contributed by atoms with Crippen LogP contribution in [-0.2, 0) is 11.2 Å². The van der Waals surface area contributed by atoms with Crippen LogP contribution in [0, 0.1) is 0 Å². The fraction of sp³-hybridized carbons (Fsp3) is 0.458. The second kappa shape index (κ2) is 9.31. The summed E-state index contributed by atoms with van der Waals surface area (Å²) >= 11 is 0. The van der Waals surface area contributed by atoms with Gasteiger partial charge in [0.15, 0.2) is 0 Å². The summed E-state index contributed by atoms with van der Waals surface area (Å²) in [6, 6.07) is 18.8. The summed E-state index contributed by atoms with van der Waals surface area (Å²) < 4.78 is 5.53. The summed E-state index contributed by atoms with van der Waals surface area (Å²) in [5, 5.41) is 0. The molecule has 4 rings (SSSR count). The first-order valence-electron chi connectivity index (χ1n) is 10.7. The first-order valence-corrected chi connectivity index (χ1v) is 10.7. The number of ether oxygens (including phenoxy) is 1. The number of carbonyl (C=O) groups excluding carboxylic acids is 1. The highest BCUT2D eigenvalue weighted by Crippen LogP contribution is 2.29. The number of hydrogen-bond acceptors (Lipinski definition) is 4. The molecule has 0 spiro atoms. The zero-order valence-corrected chi connectivity index (χ0v) is 17.3. The van der Waals surface area contributed by atoms with Gasteiger partial charge in [0.2, 0.25) is 5.91 Å². The van der Waals surface area contributed by atoms with Crippen LogP contribution in [-0.4, -0.2) is 68.1 Å². The lowest BCUT2D eigenvalue weighted by Crippen LogP contribution is -2.56. The van der Waals surface area contributed by atoms with Crippen molar-refractivity contribution in [1.82, 2.24) is 9.80 Å². The molecular weight excluding hydrogens is 362 g/mol. The van der Waals surface area contributed by atoms with E-state index in [9.17, 15) is 4.79 Å². The highest BCUT2D eigenvalue weighted by Gasteiger charge is 2.30. The van der Waals surface area contributed by atoms with Gasteiger partial charge in [0.25, 0.3) is 0 Å². The number of hydrogen-bond donors (Lipinski definition) is 0. The van der Waals surface area contributed by atoms with E-state index in [4.69, 9.17) is 4.74 Å². The molecule has 2 heterocycles. The Kier molecular flexibility index (Phi) is 6.35. The fourth-order valence-corrected chi connectivity index (χ4v) is 4.58. The van der Waals surface area contributed by atoms with Gasteiger partial charge in [-0.3, -0.25) is 9.69 Å². The summed E-state index contributed by atoms with van der Waals surface area (Å²) in [7, 11) is 1.73. The molecule has 29 heavy (non-hydrogen) atoms. The van der Waals surface area contributed by atoms with Crippen LogP contribution in [0.3, 0.4) is 0 Å². The van der Waals surface area contributed by atoms with Crippen LogP contribution in [0.1, 0.15) is 18.4 Å². The van der Waals surface area contributed by atoms with Crippen LogP contribution in [0.2, 0.25) is 0 Å². The molecular formula is C24H31N3O2. The first kappa shape index (κ1) is 19.8. The molecule has 1 amide bonds. The Hall–Kier alpha value is -2.53. The Morgan fingerprint density at radius 2 is 1.69 bits per heavy atom. The normalized spacial score (nSPS) is 20.5. The number of rotatable bonds is 5. The van der Waals surface area contributed by atoms with E-state index in [1.54, 1.807) is 7.11 Å². The number of carbonyl (C=O) groups is 1. The SMILES string of the molecule is COc1ccccc1N1CCN(C2CCCN(C(=O)Cc3ccccc3)C2)CC1. The van der Waals surface area contributed by atoms with Crippen molar-refractivity contribution in [3.05, 3.63) is 60.2 Å². The van der Waals surface area contributed by atoms with Crippen LogP contribution in [0.15, 0.2) is 54.6 Å². The van der Waals surface area contributed by atoms with Crippen molar-refractivity contribution in [2.24, 2.45) is 0 Å². The molecule has 0 aromatic heterocycles. The molecule has 2 saturated heterocycles. The van der Waals surface area contributed by atoms with Gasteiger partial charge in [0.1, 0.15) is 5.75 Å². The molecule has 0 bridgehead atoms. The maximum absolute atomic E-state index is 12.8. The van der Waals surface area contributed by atoms with Crippen LogP contribution >= 0.6 is 0 Å². The smallest absolute Gasteiger partial charge is 0.227 e. The van der Waals surface area contributed by atoms with Crippen molar-refractivity contribution in [3.8, 4) is 5.75 Å². The molecule has 2 aromatic rings. The van der Waals surface area contributed by atoms with E-state index in [-0.39, 0.29) is 5.91 Å². The average molecular weight is 394 g/mol. The average Bonchev–Trinajstić information content (AvgIpc) is 2.80. The fourth-order valence-electron chi connectivity index (χ4n) is 4.58. The number of piperazine rings is 1. The van der Waals surface area contributed by atoms with Crippen molar-refractivity contribution < 1.29 is 9.53 Å². The van der Waals surface area contributed by atoms with Crippen molar-refractivity contribution >= 4 is 11.6 Å². The van der Waals surface area contributed by atoms with Crippen LogP contribution in [0.25, 0.3) is 0 Å². The quantitative estimate of drug-likeness (QED) is 0.782. The largest absolute Gasteiger partial charge is 0.495 e. The zero-order valence-electron chi connectivity index (χ0n) is 17.3. The molecule has 2 aliphatic rings. The van der Waals surface area contributed by atoms with Gasteiger partial charge in [0.05, 0.1) is 19.2 Å². The predicted molar refractivity (Wildman–Crippen MR) is 117 cm³/mol. The van der Waals surface area contributed by atoms with Gasteiger partial charge in [-0.25, -0.2) is 0 Å². The molecule has 0 N–H and O–H groups in total. The molecule has 154 valence electrons. The molecule has 0 saturated carbocycles. The summed E-state index contributed by atoms with van der Waals surface area (Å²) in [5.74, 6) is 1.20. The number of likely N-dealkylation sites (tertiary alicyclic amines) is 1. The number of anilines is 1. The molecule has 1 unspecified atom stereocenters. The number of amides is 1. The lowest BCUT2D eigenvalue weighted by atomic mass is 10.0. The van der Waals surface area contributed by atoms with Crippen LogP contribution < -0.4 is 9.64 Å². The molecule has 1 atom stereocenters. The molecule has 2 aromatic carbocycles. The standard InChI is InChI=1S/C24H31N3O2/c1-29-23-12-6-5-11-22(23)26-16-14-25(15-17-26)21-10-7-13-27(19-21)24(28)18-20-8-3-2-4-9-20/h2-6,8-9,11-12,21H,7,10,13-19H2,1H3. The van der Waals surface area contributed by atoms with Crippen LogP contribution in [0.5, 0.6) is 5.75 Å². The van der Waals surface area contributed by atoms with E-state index >= 15 is 0 Å². The molecule has 0 aliphatic carbocycles. The Morgan fingerprint density at radius 3 is 2.45 bits per heavy atom. The van der Waals surface area contributed by atoms with Gasteiger partial charge in [-0.15, -0.1) is 0 Å². The number of piperidine rings is 1. The van der Waals surface area contributed by atoms with Crippen LogP contribution in [0.4, 0.5) is 5.69 Å². The van der Waals surface area contributed by atoms with Crippen molar-refractivity contribution in [1.29, 1.82) is 0 Å². The van der Waals surface area contributed by atoms with E-state index in [0.29, 0.717) is 12.5 Å². The third-order valence-electron chi connectivity index (χ3n) is 6.20. The van der Waals surface area contributed by atoms with Crippen molar-refractivity contribution in [2.75, 3.05) is 51.3 Å².